The number of esters is 1. The number of methoxy groups -OCH3 is 1. The van der Waals surface area contributed by atoms with Crippen LogP contribution in [0.4, 0.5) is 0 Å². The van der Waals surface area contributed by atoms with Crippen molar-refractivity contribution >= 4 is 17.6 Å². The Morgan fingerprint density at radius 3 is 2.79 bits per heavy atom. The van der Waals surface area contributed by atoms with Crippen LogP contribution < -0.4 is 4.74 Å². The molecule has 0 N–H and O–H groups in total. The minimum Gasteiger partial charge on any atom is -0.479 e. The van der Waals surface area contributed by atoms with Gasteiger partial charge in [-0.2, -0.15) is 5.26 Å². The molecule has 1 atom stereocenters. The number of hydrogen-bond acceptors (Lipinski definition) is 4. The molecule has 0 aliphatic rings. The van der Waals surface area contributed by atoms with Crippen LogP contribution in [-0.2, 0) is 9.53 Å². The van der Waals surface area contributed by atoms with E-state index in [-0.39, 0.29) is 0 Å². The maximum absolute atomic E-state index is 11.6. The third kappa shape index (κ3) is 4.46. The minimum absolute atomic E-state index is 0.305. The summed E-state index contributed by atoms with van der Waals surface area (Å²) in [6.07, 6.45) is 1.77. The monoisotopic (exact) mass is 281 g/mol. The SMILES string of the molecule is CCCCC(Oc1ccc(C#N)c(Cl)c1)C(=O)OC. The number of rotatable bonds is 6. The third-order valence-electron chi connectivity index (χ3n) is 2.62. The first-order chi connectivity index (χ1) is 9.12. The zero-order valence-electron chi connectivity index (χ0n) is 11.0. The largest absolute Gasteiger partial charge is 0.479 e. The van der Waals surface area contributed by atoms with E-state index in [0.29, 0.717) is 22.8 Å². The molecule has 102 valence electrons. The van der Waals surface area contributed by atoms with Gasteiger partial charge in [0, 0.05) is 6.07 Å². The molecule has 0 radical (unpaired) electrons. The Kier molecular flexibility index (Phi) is 6.17. The fraction of sp³-hybridized carbons (Fsp3) is 0.429. The van der Waals surface area contributed by atoms with Crippen LogP contribution in [0.5, 0.6) is 5.75 Å². The van der Waals surface area contributed by atoms with Crippen LogP contribution in [0, 0.1) is 11.3 Å². The average molecular weight is 282 g/mol. The van der Waals surface area contributed by atoms with E-state index in [4.69, 9.17) is 26.3 Å². The van der Waals surface area contributed by atoms with Gasteiger partial charge in [-0.05, 0) is 25.0 Å². The van der Waals surface area contributed by atoms with E-state index in [0.717, 1.165) is 12.8 Å². The molecule has 0 bridgehead atoms. The topological polar surface area (TPSA) is 59.3 Å². The Morgan fingerprint density at radius 2 is 2.26 bits per heavy atom. The van der Waals surface area contributed by atoms with Gasteiger partial charge >= 0.3 is 5.97 Å². The molecule has 1 unspecified atom stereocenters. The van der Waals surface area contributed by atoms with Gasteiger partial charge in [0.25, 0.3) is 0 Å². The van der Waals surface area contributed by atoms with Gasteiger partial charge in [0.1, 0.15) is 11.8 Å². The maximum atomic E-state index is 11.6. The fourth-order valence-electron chi connectivity index (χ4n) is 1.57. The molecule has 0 aliphatic carbocycles. The molecule has 19 heavy (non-hydrogen) atoms. The number of unbranched alkanes of at least 4 members (excludes halogenated alkanes) is 1. The summed E-state index contributed by atoms with van der Waals surface area (Å²) in [5.41, 5.74) is 0.372. The van der Waals surface area contributed by atoms with Crippen molar-refractivity contribution in [3.05, 3.63) is 28.8 Å². The summed E-state index contributed by atoms with van der Waals surface area (Å²) < 4.78 is 10.3. The zero-order valence-corrected chi connectivity index (χ0v) is 11.7. The highest BCUT2D eigenvalue weighted by atomic mass is 35.5. The first kappa shape index (κ1) is 15.3. The lowest BCUT2D eigenvalue weighted by atomic mass is 10.1. The molecule has 1 aromatic carbocycles. The zero-order chi connectivity index (χ0) is 14.3. The van der Waals surface area contributed by atoms with E-state index in [1.165, 1.54) is 13.2 Å². The number of nitrogens with zero attached hydrogens (tertiary/aromatic N) is 1. The summed E-state index contributed by atoms with van der Waals surface area (Å²) in [6, 6.07) is 6.67. The van der Waals surface area contributed by atoms with Crippen molar-refractivity contribution in [2.24, 2.45) is 0 Å². The van der Waals surface area contributed by atoms with E-state index in [2.05, 4.69) is 0 Å². The highest BCUT2D eigenvalue weighted by Crippen LogP contribution is 2.23. The highest BCUT2D eigenvalue weighted by molar-refractivity contribution is 6.31. The molecule has 4 nitrogen and oxygen atoms in total. The van der Waals surface area contributed by atoms with Gasteiger partial charge in [0.15, 0.2) is 6.10 Å². The quantitative estimate of drug-likeness (QED) is 0.751. The molecule has 0 saturated heterocycles. The van der Waals surface area contributed by atoms with Crippen LogP contribution in [0.2, 0.25) is 5.02 Å². The lowest BCUT2D eigenvalue weighted by Crippen LogP contribution is -2.28. The van der Waals surface area contributed by atoms with Crippen LogP contribution in [0.1, 0.15) is 31.7 Å². The third-order valence-corrected chi connectivity index (χ3v) is 2.94. The summed E-state index contributed by atoms with van der Waals surface area (Å²) in [5.74, 6) is 0.0458. The number of hydrogen-bond donors (Lipinski definition) is 0. The van der Waals surface area contributed by atoms with E-state index in [1.807, 2.05) is 13.0 Å². The van der Waals surface area contributed by atoms with E-state index < -0.39 is 12.1 Å². The van der Waals surface area contributed by atoms with E-state index in [1.54, 1.807) is 12.1 Å². The average Bonchev–Trinajstić information content (AvgIpc) is 2.42. The Morgan fingerprint density at radius 1 is 1.53 bits per heavy atom. The summed E-state index contributed by atoms with van der Waals surface area (Å²) in [6.45, 7) is 2.03. The van der Waals surface area contributed by atoms with Crippen molar-refractivity contribution in [3.8, 4) is 11.8 Å². The highest BCUT2D eigenvalue weighted by Gasteiger charge is 2.20. The lowest BCUT2D eigenvalue weighted by molar-refractivity contribution is -0.149. The van der Waals surface area contributed by atoms with Crippen molar-refractivity contribution in [1.29, 1.82) is 5.26 Å². The van der Waals surface area contributed by atoms with Crippen molar-refractivity contribution < 1.29 is 14.3 Å². The summed E-state index contributed by atoms with van der Waals surface area (Å²) >= 11 is 5.91. The molecule has 5 heteroatoms. The number of halogens is 1. The van der Waals surface area contributed by atoms with Crippen LogP contribution >= 0.6 is 11.6 Å². The van der Waals surface area contributed by atoms with Gasteiger partial charge in [-0.25, -0.2) is 4.79 Å². The second-order valence-electron chi connectivity index (χ2n) is 4.03. The number of ether oxygens (including phenoxy) is 2. The van der Waals surface area contributed by atoms with Gasteiger partial charge in [-0.15, -0.1) is 0 Å². The smallest absolute Gasteiger partial charge is 0.347 e. The van der Waals surface area contributed by atoms with Gasteiger partial charge in [0.05, 0.1) is 17.7 Å². The second kappa shape index (κ2) is 7.65. The van der Waals surface area contributed by atoms with Crippen LogP contribution in [-0.4, -0.2) is 19.2 Å². The summed E-state index contributed by atoms with van der Waals surface area (Å²) in [4.78, 5) is 11.6. The first-order valence-corrected chi connectivity index (χ1v) is 6.44. The van der Waals surface area contributed by atoms with E-state index >= 15 is 0 Å². The molecule has 0 amide bonds. The Hall–Kier alpha value is -1.73. The maximum Gasteiger partial charge on any atom is 0.347 e. The predicted molar refractivity (Wildman–Crippen MR) is 72.1 cm³/mol. The molecule has 0 fully saturated rings. The second-order valence-corrected chi connectivity index (χ2v) is 4.43. The van der Waals surface area contributed by atoms with Gasteiger partial charge in [-0.1, -0.05) is 24.9 Å². The molecule has 0 aromatic heterocycles. The first-order valence-electron chi connectivity index (χ1n) is 6.06. The van der Waals surface area contributed by atoms with Crippen LogP contribution in [0.15, 0.2) is 18.2 Å². The molecule has 1 aromatic rings. The Bertz CT molecular complexity index is 482. The van der Waals surface area contributed by atoms with Crippen molar-refractivity contribution in [2.45, 2.75) is 32.3 Å². The molecule has 0 spiro atoms. The summed E-state index contributed by atoms with van der Waals surface area (Å²) in [5, 5.41) is 9.09. The minimum atomic E-state index is -0.644. The van der Waals surface area contributed by atoms with Crippen molar-refractivity contribution in [3.63, 3.8) is 0 Å². The van der Waals surface area contributed by atoms with Crippen molar-refractivity contribution in [1.82, 2.24) is 0 Å². The van der Waals surface area contributed by atoms with Crippen LogP contribution in [0.3, 0.4) is 0 Å². The van der Waals surface area contributed by atoms with Gasteiger partial charge in [-0.3, -0.25) is 0 Å². The normalized spacial score (nSPS) is 11.5. The van der Waals surface area contributed by atoms with E-state index in [9.17, 15) is 4.79 Å². The number of nitriles is 1. The Balaban J connectivity index is 2.81. The molecular formula is C14H16ClNO3. The molecular weight excluding hydrogens is 266 g/mol. The van der Waals surface area contributed by atoms with Gasteiger partial charge < -0.3 is 9.47 Å². The predicted octanol–water partition coefficient (Wildman–Crippen LogP) is 3.32. The van der Waals surface area contributed by atoms with Crippen molar-refractivity contribution in [2.75, 3.05) is 7.11 Å². The molecule has 0 saturated carbocycles. The fourth-order valence-corrected chi connectivity index (χ4v) is 1.78. The standard InChI is InChI=1S/C14H16ClNO3/c1-3-4-5-13(14(17)18-2)19-11-7-6-10(9-16)12(15)8-11/h6-8,13H,3-5H2,1-2H3. The lowest BCUT2D eigenvalue weighted by Gasteiger charge is -2.16. The molecule has 1 rings (SSSR count). The molecule has 0 aliphatic heterocycles. The number of carbonyl (C=O) groups is 1. The van der Waals surface area contributed by atoms with Crippen LogP contribution in [0.25, 0.3) is 0 Å². The summed E-state index contributed by atoms with van der Waals surface area (Å²) in [7, 11) is 1.33. The number of carbonyl (C=O) groups excluding carboxylic acids is 1. The van der Waals surface area contributed by atoms with Gasteiger partial charge in [0.2, 0.25) is 0 Å². The molecule has 0 heterocycles. The number of benzene rings is 1. The Labute approximate surface area is 117 Å².